The van der Waals surface area contributed by atoms with E-state index in [0.29, 0.717) is 0 Å². The summed E-state index contributed by atoms with van der Waals surface area (Å²) in [6.07, 6.45) is 3.80. The fourth-order valence-corrected chi connectivity index (χ4v) is 7.29. The first-order chi connectivity index (χ1) is 21.4. The van der Waals surface area contributed by atoms with Crippen molar-refractivity contribution >= 4 is 34.1 Å². The topological polar surface area (TPSA) is 32.3 Å². The van der Waals surface area contributed by atoms with Crippen LogP contribution >= 0.6 is 0 Å². The minimum atomic E-state index is -0.106. The average molecular weight is 571 g/mol. The summed E-state index contributed by atoms with van der Waals surface area (Å²) in [6.45, 7) is 9.25. The summed E-state index contributed by atoms with van der Waals surface area (Å²) < 4.78 is 0. The Hall–Kier alpha value is -5.22. The molecule has 0 unspecified atom stereocenters. The number of benzene rings is 4. The maximum Gasteiger partial charge on any atom is 0.0907 e. The van der Waals surface area contributed by atoms with Crippen LogP contribution in [0.2, 0.25) is 0 Å². The fourth-order valence-electron chi connectivity index (χ4n) is 7.29. The van der Waals surface area contributed by atoms with Crippen LogP contribution < -0.4 is 9.80 Å². The minimum Gasteiger partial charge on any atom is -0.310 e. The lowest BCUT2D eigenvalue weighted by Gasteiger charge is -2.42. The quantitative estimate of drug-likeness (QED) is 0.212. The number of para-hydroxylation sites is 4. The van der Waals surface area contributed by atoms with E-state index < -0.39 is 0 Å². The highest BCUT2D eigenvalue weighted by atomic mass is 15.2. The van der Waals surface area contributed by atoms with E-state index in [4.69, 9.17) is 9.97 Å². The summed E-state index contributed by atoms with van der Waals surface area (Å²) in [7, 11) is 0. The largest absolute Gasteiger partial charge is 0.310 e. The van der Waals surface area contributed by atoms with Crippen LogP contribution in [-0.4, -0.2) is 9.97 Å². The highest BCUT2D eigenvalue weighted by Gasteiger charge is 2.38. The Morgan fingerprint density at radius 2 is 0.705 bits per heavy atom. The molecule has 4 heteroatoms. The van der Waals surface area contributed by atoms with E-state index in [-0.39, 0.29) is 10.8 Å². The first-order valence-corrected chi connectivity index (χ1v) is 15.3. The molecule has 0 N–H and O–H groups in total. The molecule has 2 aliphatic heterocycles. The van der Waals surface area contributed by atoms with Crippen LogP contribution in [0.1, 0.15) is 49.9 Å². The summed E-state index contributed by atoms with van der Waals surface area (Å²) in [5.74, 6) is 0. The highest BCUT2D eigenvalue weighted by Crippen LogP contribution is 2.53. The summed E-state index contributed by atoms with van der Waals surface area (Å²) in [5, 5.41) is 0. The van der Waals surface area contributed by atoms with Gasteiger partial charge in [-0.2, -0.15) is 0 Å². The number of fused-ring (bicyclic) bond motifs is 4. The molecular formula is C40H34N4. The van der Waals surface area contributed by atoms with Gasteiger partial charge in [0.15, 0.2) is 0 Å². The van der Waals surface area contributed by atoms with Gasteiger partial charge in [-0.05, 0) is 70.8 Å². The number of nitrogens with zero attached hydrogens (tertiary/aromatic N) is 4. The SMILES string of the molecule is CC1(C)c2ccccc2N(c2ccnc(-c3cc(N4c5ccccc5C(C)(C)c5ccccc54)ccn3)c2)c2ccccc21. The zero-order valence-electron chi connectivity index (χ0n) is 25.5. The Morgan fingerprint density at radius 3 is 1.02 bits per heavy atom. The second kappa shape index (κ2) is 9.65. The monoisotopic (exact) mass is 570 g/mol. The van der Waals surface area contributed by atoms with Crippen LogP contribution in [-0.2, 0) is 10.8 Å². The van der Waals surface area contributed by atoms with Crippen LogP contribution in [0.3, 0.4) is 0 Å². The van der Waals surface area contributed by atoms with Gasteiger partial charge in [0.2, 0.25) is 0 Å². The molecule has 6 aromatic rings. The molecular weight excluding hydrogens is 536 g/mol. The van der Waals surface area contributed by atoms with E-state index >= 15 is 0 Å². The summed E-state index contributed by atoms with van der Waals surface area (Å²) in [6, 6.07) is 43.5. The molecule has 4 aromatic carbocycles. The normalized spacial score (nSPS) is 15.5. The number of hydrogen-bond donors (Lipinski definition) is 0. The minimum absolute atomic E-state index is 0.106. The molecule has 0 fully saturated rings. The Labute approximate surface area is 259 Å². The number of aromatic nitrogens is 2. The molecule has 4 heterocycles. The Balaban J connectivity index is 1.26. The van der Waals surface area contributed by atoms with Crippen LogP contribution in [0.4, 0.5) is 34.1 Å². The van der Waals surface area contributed by atoms with Crippen molar-refractivity contribution in [3.8, 4) is 11.4 Å². The molecule has 0 radical (unpaired) electrons. The van der Waals surface area contributed by atoms with Crippen LogP contribution in [0.25, 0.3) is 11.4 Å². The number of anilines is 6. The molecule has 0 saturated heterocycles. The summed E-state index contributed by atoms with van der Waals surface area (Å²) >= 11 is 0. The fraction of sp³-hybridized carbons (Fsp3) is 0.150. The van der Waals surface area contributed by atoms with Gasteiger partial charge in [0.25, 0.3) is 0 Å². The lowest BCUT2D eigenvalue weighted by atomic mass is 9.73. The molecule has 2 aliphatic rings. The average Bonchev–Trinajstić information content (AvgIpc) is 3.06. The van der Waals surface area contributed by atoms with Gasteiger partial charge in [0.1, 0.15) is 0 Å². The molecule has 8 rings (SSSR count). The third kappa shape index (κ3) is 3.84. The van der Waals surface area contributed by atoms with E-state index in [1.165, 1.54) is 45.0 Å². The maximum atomic E-state index is 4.84. The van der Waals surface area contributed by atoms with Crippen molar-refractivity contribution in [3.63, 3.8) is 0 Å². The molecule has 2 aromatic heterocycles. The summed E-state index contributed by atoms with van der Waals surface area (Å²) in [5.41, 5.74) is 13.6. The molecule has 0 spiro atoms. The van der Waals surface area contributed by atoms with Gasteiger partial charge in [-0.1, -0.05) is 100 Å². The van der Waals surface area contributed by atoms with Crippen molar-refractivity contribution in [3.05, 3.63) is 156 Å². The van der Waals surface area contributed by atoms with Crippen molar-refractivity contribution < 1.29 is 0 Å². The summed E-state index contributed by atoms with van der Waals surface area (Å²) in [4.78, 5) is 14.4. The van der Waals surface area contributed by atoms with Crippen molar-refractivity contribution in [1.29, 1.82) is 0 Å². The molecule has 0 aliphatic carbocycles. The Bertz CT molecular complexity index is 1810. The Kier molecular flexibility index (Phi) is 5.79. The third-order valence-corrected chi connectivity index (χ3v) is 9.54. The van der Waals surface area contributed by atoms with Gasteiger partial charge in [0, 0.05) is 34.6 Å². The first kappa shape index (κ1) is 26.4. The maximum absolute atomic E-state index is 4.84. The zero-order chi connectivity index (χ0) is 30.1. The number of pyridine rings is 2. The number of rotatable bonds is 3. The van der Waals surface area contributed by atoms with Gasteiger partial charge < -0.3 is 9.80 Å². The second-order valence-electron chi connectivity index (χ2n) is 12.8. The predicted molar refractivity (Wildman–Crippen MR) is 181 cm³/mol. The van der Waals surface area contributed by atoms with Crippen molar-refractivity contribution in [2.24, 2.45) is 0 Å². The van der Waals surface area contributed by atoms with Crippen LogP contribution in [0.15, 0.2) is 134 Å². The van der Waals surface area contributed by atoms with Gasteiger partial charge in [0.05, 0.1) is 34.1 Å². The van der Waals surface area contributed by atoms with Gasteiger partial charge in [-0.3, -0.25) is 9.97 Å². The first-order valence-electron chi connectivity index (χ1n) is 15.3. The smallest absolute Gasteiger partial charge is 0.0907 e. The van der Waals surface area contributed by atoms with Crippen molar-refractivity contribution in [1.82, 2.24) is 9.97 Å². The molecule has 214 valence electrons. The Morgan fingerprint density at radius 1 is 0.409 bits per heavy atom. The highest BCUT2D eigenvalue weighted by molar-refractivity contribution is 5.88. The molecule has 0 saturated carbocycles. The van der Waals surface area contributed by atoms with Gasteiger partial charge in [-0.25, -0.2) is 0 Å². The van der Waals surface area contributed by atoms with Crippen molar-refractivity contribution in [2.75, 3.05) is 9.80 Å². The molecule has 0 atom stereocenters. The van der Waals surface area contributed by atoms with E-state index in [1.807, 2.05) is 12.4 Å². The lowest BCUT2D eigenvalue weighted by Crippen LogP contribution is -2.30. The molecule has 0 amide bonds. The molecule has 0 bridgehead atoms. The van der Waals surface area contributed by atoms with Crippen LogP contribution in [0.5, 0.6) is 0 Å². The predicted octanol–water partition coefficient (Wildman–Crippen LogP) is 10.4. The van der Waals surface area contributed by atoms with Gasteiger partial charge >= 0.3 is 0 Å². The van der Waals surface area contributed by atoms with E-state index in [0.717, 1.165) is 22.8 Å². The second-order valence-corrected chi connectivity index (χ2v) is 12.8. The van der Waals surface area contributed by atoms with Gasteiger partial charge in [-0.15, -0.1) is 0 Å². The zero-order valence-corrected chi connectivity index (χ0v) is 25.5. The van der Waals surface area contributed by atoms with Crippen molar-refractivity contribution in [2.45, 2.75) is 38.5 Å². The van der Waals surface area contributed by atoms with E-state index in [9.17, 15) is 0 Å². The van der Waals surface area contributed by atoms with Crippen LogP contribution in [0, 0.1) is 0 Å². The molecule has 44 heavy (non-hydrogen) atoms. The third-order valence-electron chi connectivity index (χ3n) is 9.54. The number of hydrogen-bond acceptors (Lipinski definition) is 4. The lowest BCUT2D eigenvalue weighted by molar-refractivity contribution is 0.631. The standard InChI is InChI=1S/C40H34N4/c1-39(2)29-13-5-9-17-35(29)43(36-18-10-6-14-30(36)39)27-21-23-41-33(25-27)34-26-28(22-24-42-34)44-37-19-11-7-15-31(37)40(3,4)32-16-8-12-20-38(32)44/h5-26H,1-4H3. The van der Waals surface area contributed by atoms with E-state index in [1.54, 1.807) is 0 Å². The molecule has 4 nitrogen and oxygen atoms in total. The van der Waals surface area contributed by atoms with E-state index in [2.05, 4.69) is 159 Å².